The second kappa shape index (κ2) is 3.49. The number of hydrogen-bond donors (Lipinski definition) is 2. The topological polar surface area (TPSA) is 36.0 Å². The van der Waals surface area contributed by atoms with Gasteiger partial charge in [-0.15, -0.1) is 0 Å². The van der Waals surface area contributed by atoms with Gasteiger partial charge >= 0.3 is 0 Å². The van der Waals surface area contributed by atoms with E-state index in [4.69, 9.17) is 0 Å². The number of rotatable bonds is 1. The molecule has 16 heavy (non-hydrogen) atoms. The molecule has 2 heteroatoms. The molecule has 0 spiro atoms. The van der Waals surface area contributed by atoms with E-state index in [1.165, 1.54) is 0 Å². The van der Waals surface area contributed by atoms with Crippen LogP contribution in [0.3, 0.4) is 0 Å². The second-order valence-corrected chi connectivity index (χ2v) is 4.46. The first kappa shape index (κ1) is 9.67. The van der Waals surface area contributed by atoms with Gasteiger partial charge in [-0.3, -0.25) is 0 Å². The SMILES string of the molecule is OC1(c2cccc3[nH]ccc23)C=CCCC1. The Morgan fingerprint density at radius 3 is 3.00 bits per heavy atom. The molecule has 0 bridgehead atoms. The molecular formula is C14H15NO. The molecule has 1 aromatic carbocycles. The number of H-pyrrole nitrogens is 1. The van der Waals surface area contributed by atoms with E-state index in [1.807, 2.05) is 36.5 Å². The molecule has 0 aliphatic heterocycles. The zero-order chi connectivity index (χ0) is 11.0. The smallest absolute Gasteiger partial charge is 0.108 e. The third kappa shape index (κ3) is 1.38. The Labute approximate surface area is 94.6 Å². The summed E-state index contributed by atoms with van der Waals surface area (Å²) in [4.78, 5) is 3.18. The van der Waals surface area contributed by atoms with Crippen molar-refractivity contribution in [2.24, 2.45) is 0 Å². The van der Waals surface area contributed by atoms with Crippen molar-refractivity contribution in [3.63, 3.8) is 0 Å². The summed E-state index contributed by atoms with van der Waals surface area (Å²) < 4.78 is 0. The Balaban J connectivity index is 2.21. The van der Waals surface area contributed by atoms with Crippen molar-refractivity contribution < 1.29 is 5.11 Å². The van der Waals surface area contributed by atoms with Gasteiger partial charge in [0, 0.05) is 17.1 Å². The lowest BCUT2D eigenvalue weighted by atomic mass is 9.83. The monoisotopic (exact) mass is 213 g/mol. The molecule has 1 unspecified atom stereocenters. The standard InChI is InChI=1S/C14H15NO/c16-14(8-2-1-3-9-14)12-5-4-6-13-11(12)7-10-15-13/h2,4-8,10,15-16H,1,3,9H2. The number of fused-ring (bicyclic) bond motifs is 1. The van der Waals surface area contributed by atoms with Crippen LogP contribution < -0.4 is 0 Å². The molecule has 1 aromatic heterocycles. The zero-order valence-electron chi connectivity index (χ0n) is 9.11. The molecule has 1 aliphatic rings. The highest BCUT2D eigenvalue weighted by atomic mass is 16.3. The Morgan fingerprint density at radius 2 is 2.19 bits per heavy atom. The lowest BCUT2D eigenvalue weighted by Gasteiger charge is -2.28. The fourth-order valence-electron chi connectivity index (χ4n) is 2.54. The molecule has 0 amide bonds. The van der Waals surface area contributed by atoms with E-state index in [0.717, 1.165) is 35.7 Å². The van der Waals surface area contributed by atoms with Crippen molar-refractivity contribution in [1.82, 2.24) is 4.98 Å². The summed E-state index contributed by atoms with van der Waals surface area (Å²) in [5.41, 5.74) is 1.33. The lowest BCUT2D eigenvalue weighted by molar-refractivity contribution is 0.0741. The molecule has 0 saturated heterocycles. The van der Waals surface area contributed by atoms with E-state index in [-0.39, 0.29) is 0 Å². The first-order valence-electron chi connectivity index (χ1n) is 5.76. The van der Waals surface area contributed by atoms with Gasteiger partial charge in [0.2, 0.25) is 0 Å². The van der Waals surface area contributed by atoms with E-state index < -0.39 is 5.60 Å². The minimum Gasteiger partial charge on any atom is -0.381 e. The van der Waals surface area contributed by atoms with Gasteiger partial charge in [0.15, 0.2) is 0 Å². The Kier molecular flexibility index (Phi) is 2.11. The van der Waals surface area contributed by atoms with E-state index in [9.17, 15) is 5.11 Å². The maximum atomic E-state index is 10.7. The summed E-state index contributed by atoms with van der Waals surface area (Å²) >= 11 is 0. The highest BCUT2D eigenvalue weighted by Gasteiger charge is 2.29. The highest BCUT2D eigenvalue weighted by Crippen LogP contribution is 2.36. The van der Waals surface area contributed by atoms with Crippen LogP contribution in [0.2, 0.25) is 0 Å². The number of aliphatic hydroxyl groups is 1. The maximum Gasteiger partial charge on any atom is 0.108 e. The highest BCUT2D eigenvalue weighted by molar-refractivity contribution is 5.84. The first-order chi connectivity index (χ1) is 7.80. The van der Waals surface area contributed by atoms with Gasteiger partial charge in [-0.2, -0.15) is 0 Å². The molecule has 82 valence electrons. The fourth-order valence-corrected chi connectivity index (χ4v) is 2.54. The van der Waals surface area contributed by atoms with Crippen LogP contribution in [0.15, 0.2) is 42.6 Å². The number of allylic oxidation sites excluding steroid dienone is 1. The largest absolute Gasteiger partial charge is 0.381 e. The Bertz CT molecular complexity index is 540. The van der Waals surface area contributed by atoms with Gasteiger partial charge in [-0.05, 0) is 37.0 Å². The van der Waals surface area contributed by atoms with Crippen LogP contribution in [-0.2, 0) is 5.60 Å². The molecule has 0 radical (unpaired) electrons. The third-order valence-electron chi connectivity index (χ3n) is 3.38. The van der Waals surface area contributed by atoms with Gasteiger partial charge in [-0.25, -0.2) is 0 Å². The summed E-state index contributed by atoms with van der Waals surface area (Å²) in [6.07, 6.45) is 8.88. The van der Waals surface area contributed by atoms with Crippen LogP contribution >= 0.6 is 0 Å². The molecule has 1 aliphatic carbocycles. The number of aromatic amines is 1. The van der Waals surface area contributed by atoms with Crippen molar-refractivity contribution in [1.29, 1.82) is 0 Å². The zero-order valence-corrected chi connectivity index (χ0v) is 9.11. The van der Waals surface area contributed by atoms with Gasteiger partial charge < -0.3 is 10.1 Å². The van der Waals surface area contributed by atoms with Crippen molar-refractivity contribution in [3.8, 4) is 0 Å². The van der Waals surface area contributed by atoms with Crippen molar-refractivity contribution >= 4 is 10.9 Å². The molecular weight excluding hydrogens is 198 g/mol. The fraction of sp³-hybridized carbons (Fsp3) is 0.286. The maximum absolute atomic E-state index is 10.7. The van der Waals surface area contributed by atoms with Crippen LogP contribution in [0.1, 0.15) is 24.8 Å². The molecule has 3 rings (SSSR count). The van der Waals surface area contributed by atoms with Crippen molar-refractivity contribution in [2.75, 3.05) is 0 Å². The second-order valence-electron chi connectivity index (χ2n) is 4.46. The van der Waals surface area contributed by atoms with Crippen LogP contribution in [0.5, 0.6) is 0 Å². The van der Waals surface area contributed by atoms with Gasteiger partial charge in [0.1, 0.15) is 5.60 Å². The van der Waals surface area contributed by atoms with Gasteiger partial charge in [0.25, 0.3) is 0 Å². The van der Waals surface area contributed by atoms with E-state index >= 15 is 0 Å². The van der Waals surface area contributed by atoms with Crippen LogP contribution in [0, 0.1) is 0 Å². The van der Waals surface area contributed by atoms with Gasteiger partial charge in [-0.1, -0.05) is 24.3 Å². The summed E-state index contributed by atoms with van der Waals surface area (Å²) in [5.74, 6) is 0. The lowest BCUT2D eigenvalue weighted by Crippen LogP contribution is -2.24. The number of benzene rings is 1. The summed E-state index contributed by atoms with van der Waals surface area (Å²) in [7, 11) is 0. The Morgan fingerprint density at radius 1 is 1.25 bits per heavy atom. The Hall–Kier alpha value is -1.54. The molecule has 0 fully saturated rings. The minimum absolute atomic E-state index is 0.778. The average molecular weight is 213 g/mol. The number of aromatic nitrogens is 1. The van der Waals surface area contributed by atoms with E-state index in [2.05, 4.69) is 11.1 Å². The molecule has 1 heterocycles. The summed E-state index contributed by atoms with van der Waals surface area (Å²) in [5, 5.41) is 11.8. The third-order valence-corrected chi connectivity index (χ3v) is 3.38. The van der Waals surface area contributed by atoms with E-state index in [0.29, 0.717) is 0 Å². The van der Waals surface area contributed by atoms with E-state index in [1.54, 1.807) is 0 Å². The molecule has 2 nitrogen and oxygen atoms in total. The molecule has 0 saturated carbocycles. The summed E-state index contributed by atoms with van der Waals surface area (Å²) in [6.45, 7) is 0. The summed E-state index contributed by atoms with van der Waals surface area (Å²) in [6, 6.07) is 8.08. The molecule has 1 atom stereocenters. The van der Waals surface area contributed by atoms with Crippen molar-refractivity contribution in [2.45, 2.75) is 24.9 Å². The molecule has 2 N–H and O–H groups in total. The van der Waals surface area contributed by atoms with Crippen LogP contribution in [-0.4, -0.2) is 10.1 Å². The van der Waals surface area contributed by atoms with Crippen LogP contribution in [0.25, 0.3) is 10.9 Å². The minimum atomic E-state index is -0.778. The first-order valence-corrected chi connectivity index (χ1v) is 5.76. The predicted molar refractivity (Wildman–Crippen MR) is 65.2 cm³/mol. The van der Waals surface area contributed by atoms with Crippen LogP contribution in [0.4, 0.5) is 0 Å². The quantitative estimate of drug-likeness (QED) is 0.701. The predicted octanol–water partition coefficient (Wildman–Crippen LogP) is 3.10. The number of hydrogen-bond acceptors (Lipinski definition) is 1. The average Bonchev–Trinajstić information content (AvgIpc) is 2.77. The number of nitrogens with one attached hydrogen (secondary N) is 1. The molecule has 2 aromatic rings. The van der Waals surface area contributed by atoms with Crippen molar-refractivity contribution in [3.05, 3.63) is 48.2 Å². The normalized spacial score (nSPS) is 25.1. The van der Waals surface area contributed by atoms with Gasteiger partial charge in [0.05, 0.1) is 0 Å².